The lowest BCUT2D eigenvalue weighted by atomic mass is 10.1. The molecule has 2 aromatic carbocycles. The van der Waals surface area contributed by atoms with Crippen LogP contribution >= 0.6 is 0 Å². The quantitative estimate of drug-likeness (QED) is 0.364. The number of nitrogens with zero attached hydrogens (tertiary/aromatic N) is 3. The molecule has 0 atom stereocenters. The van der Waals surface area contributed by atoms with E-state index in [4.69, 9.17) is 0 Å². The number of carbonyl (C=O) groups is 1. The zero-order valence-corrected chi connectivity index (χ0v) is 17.4. The average Bonchev–Trinajstić information content (AvgIpc) is 2.84. The fourth-order valence-electron chi connectivity index (χ4n) is 3.57. The Labute approximate surface area is 184 Å². The summed E-state index contributed by atoms with van der Waals surface area (Å²) in [5.41, 5.74) is 2.38. The van der Waals surface area contributed by atoms with Gasteiger partial charge in [0.25, 0.3) is 5.91 Å². The van der Waals surface area contributed by atoms with Crippen LogP contribution in [-0.2, 0) is 19.6 Å². The van der Waals surface area contributed by atoms with Gasteiger partial charge in [-0.15, -0.1) is 6.58 Å². The predicted octanol–water partition coefficient (Wildman–Crippen LogP) is 2.72. The number of nitrogens with one attached hydrogen (secondary N) is 1. The number of hydrogen-bond acceptors (Lipinski definition) is 4. The fraction of sp³-hybridized carbons (Fsp3) is 0.120. The van der Waals surface area contributed by atoms with Crippen LogP contribution in [0, 0.1) is 0 Å². The highest BCUT2D eigenvalue weighted by Crippen LogP contribution is 2.13. The van der Waals surface area contributed by atoms with Gasteiger partial charge in [-0.05, 0) is 41.5 Å². The second-order valence-electron chi connectivity index (χ2n) is 7.33. The van der Waals surface area contributed by atoms with Crippen LogP contribution in [0.3, 0.4) is 0 Å². The molecule has 0 radical (unpaired) electrons. The summed E-state index contributed by atoms with van der Waals surface area (Å²) in [5, 5.41) is 2.86. The van der Waals surface area contributed by atoms with Gasteiger partial charge in [0.15, 0.2) is 0 Å². The van der Waals surface area contributed by atoms with E-state index in [1.54, 1.807) is 42.7 Å². The molecule has 2 heterocycles. The van der Waals surface area contributed by atoms with E-state index in [1.807, 2.05) is 36.4 Å². The molecule has 7 nitrogen and oxygen atoms in total. The van der Waals surface area contributed by atoms with Gasteiger partial charge >= 0.3 is 11.1 Å². The third-order valence-corrected chi connectivity index (χ3v) is 5.18. The van der Waals surface area contributed by atoms with Crippen molar-refractivity contribution in [2.45, 2.75) is 19.6 Å². The minimum Gasteiger partial charge on any atom is -0.348 e. The maximum absolute atomic E-state index is 12.8. The molecule has 0 spiro atoms. The third kappa shape index (κ3) is 4.27. The molecule has 1 amide bonds. The third-order valence-electron chi connectivity index (χ3n) is 5.18. The lowest BCUT2D eigenvalue weighted by Gasteiger charge is -2.14. The van der Waals surface area contributed by atoms with Crippen molar-refractivity contribution < 1.29 is 4.79 Å². The molecule has 0 saturated carbocycles. The van der Waals surface area contributed by atoms with Crippen LogP contribution in [0.1, 0.15) is 21.5 Å². The molecule has 160 valence electrons. The van der Waals surface area contributed by atoms with E-state index >= 15 is 0 Å². The number of allylic oxidation sites excluding steroid dienone is 1. The molecule has 4 aromatic rings. The normalized spacial score (nSPS) is 10.8. The molecule has 0 saturated heterocycles. The monoisotopic (exact) mass is 426 g/mol. The maximum Gasteiger partial charge on any atom is 0.317 e. The minimum absolute atomic E-state index is 0.199. The van der Waals surface area contributed by atoms with Gasteiger partial charge in [0, 0.05) is 31.0 Å². The van der Waals surface area contributed by atoms with Crippen LogP contribution in [-0.4, -0.2) is 20.0 Å². The van der Waals surface area contributed by atoms with Crippen LogP contribution < -0.4 is 16.4 Å². The van der Waals surface area contributed by atoms with Crippen LogP contribution in [0.15, 0.2) is 95.3 Å². The first-order valence-electron chi connectivity index (χ1n) is 10.2. The van der Waals surface area contributed by atoms with Crippen LogP contribution in [0.2, 0.25) is 0 Å². The molecular formula is C25H22N4O3. The van der Waals surface area contributed by atoms with E-state index < -0.39 is 11.1 Å². The SMILES string of the molecule is C=CCn1c(=O)c(=O)n(Cc2ccc(C(=O)NCc3cccnc3)cc2)c2ccccc21. The molecule has 0 fully saturated rings. The van der Waals surface area contributed by atoms with E-state index in [-0.39, 0.29) is 19.0 Å². The smallest absolute Gasteiger partial charge is 0.317 e. The summed E-state index contributed by atoms with van der Waals surface area (Å²) in [6.45, 7) is 4.54. The van der Waals surface area contributed by atoms with E-state index in [0.717, 1.165) is 11.1 Å². The number of rotatable bonds is 7. The van der Waals surface area contributed by atoms with E-state index in [0.29, 0.717) is 23.1 Å². The molecular weight excluding hydrogens is 404 g/mol. The van der Waals surface area contributed by atoms with Gasteiger partial charge in [0.2, 0.25) is 0 Å². The Bertz CT molecular complexity index is 1390. The van der Waals surface area contributed by atoms with Crippen molar-refractivity contribution in [2.24, 2.45) is 0 Å². The average molecular weight is 426 g/mol. The standard InChI is InChI=1S/C25H22N4O3/c1-2-14-28-21-7-3-4-8-22(21)29(25(32)24(28)31)17-18-9-11-20(12-10-18)23(30)27-16-19-6-5-13-26-15-19/h2-13,15H,1,14,16-17H2,(H,27,30). The Balaban J connectivity index is 1.57. The Morgan fingerprint density at radius 3 is 2.25 bits per heavy atom. The number of amides is 1. The van der Waals surface area contributed by atoms with Gasteiger partial charge < -0.3 is 5.32 Å². The van der Waals surface area contributed by atoms with Crippen molar-refractivity contribution in [1.82, 2.24) is 19.4 Å². The number of para-hydroxylation sites is 2. The second kappa shape index (κ2) is 9.26. The first-order chi connectivity index (χ1) is 15.6. The lowest BCUT2D eigenvalue weighted by Crippen LogP contribution is -2.41. The molecule has 1 N–H and O–H groups in total. The van der Waals surface area contributed by atoms with Crippen LogP contribution in [0.5, 0.6) is 0 Å². The molecule has 4 rings (SSSR count). The summed E-state index contributed by atoms with van der Waals surface area (Å²) in [5.74, 6) is -0.199. The van der Waals surface area contributed by atoms with Crippen molar-refractivity contribution >= 4 is 16.9 Å². The van der Waals surface area contributed by atoms with Gasteiger partial charge in [-0.25, -0.2) is 0 Å². The first-order valence-corrected chi connectivity index (χ1v) is 10.2. The number of benzene rings is 2. The summed E-state index contributed by atoms with van der Waals surface area (Å²) in [7, 11) is 0. The summed E-state index contributed by atoms with van der Waals surface area (Å²) in [4.78, 5) is 41.9. The maximum atomic E-state index is 12.8. The molecule has 0 bridgehead atoms. The van der Waals surface area contributed by atoms with E-state index in [9.17, 15) is 14.4 Å². The predicted molar refractivity (Wildman–Crippen MR) is 124 cm³/mol. The largest absolute Gasteiger partial charge is 0.348 e. The zero-order chi connectivity index (χ0) is 22.5. The Morgan fingerprint density at radius 2 is 1.59 bits per heavy atom. The summed E-state index contributed by atoms with van der Waals surface area (Å²) in [6.07, 6.45) is 4.98. The number of carbonyl (C=O) groups excluding carboxylic acids is 1. The molecule has 2 aromatic heterocycles. The lowest BCUT2D eigenvalue weighted by molar-refractivity contribution is 0.0951. The number of pyridine rings is 1. The molecule has 0 unspecified atom stereocenters. The summed E-state index contributed by atoms with van der Waals surface area (Å²) >= 11 is 0. The van der Waals surface area contributed by atoms with Crippen molar-refractivity contribution in [3.8, 4) is 0 Å². The topological polar surface area (TPSA) is 86.0 Å². The molecule has 7 heteroatoms. The zero-order valence-electron chi connectivity index (χ0n) is 17.4. The number of aromatic nitrogens is 3. The second-order valence-corrected chi connectivity index (χ2v) is 7.33. The number of fused-ring (bicyclic) bond motifs is 1. The molecule has 32 heavy (non-hydrogen) atoms. The highest BCUT2D eigenvalue weighted by molar-refractivity contribution is 5.94. The molecule has 0 aliphatic carbocycles. The van der Waals surface area contributed by atoms with Crippen molar-refractivity contribution in [2.75, 3.05) is 0 Å². The molecule has 0 aliphatic heterocycles. The Morgan fingerprint density at radius 1 is 0.906 bits per heavy atom. The Hall–Kier alpha value is -4.26. The molecule has 0 aliphatic rings. The highest BCUT2D eigenvalue weighted by atomic mass is 16.2. The van der Waals surface area contributed by atoms with Gasteiger partial charge in [-0.3, -0.25) is 28.5 Å². The van der Waals surface area contributed by atoms with Crippen molar-refractivity contribution in [1.29, 1.82) is 0 Å². The first kappa shape index (κ1) is 21.0. The van der Waals surface area contributed by atoms with Crippen molar-refractivity contribution in [3.05, 3.63) is 123 Å². The highest BCUT2D eigenvalue weighted by Gasteiger charge is 2.13. The minimum atomic E-state index is -0.594. The van der Waals surface area contributed by atoms with Crippen molar-refractivity contribution in [3.63, 3.8) is 0 Å². The summed E-state index contributed by atoms with van der Waals surface area (Å²) in [6, 6.07) is 18.0. The summed E-state index contributed by atoms with van der Waals surface area (Å²) < 4.78 is 2.89. The van der Waals surface area contributed by atoms with Gasteiger partial charge in [0.05, 0.1) is 17.6 Å². The van der Waals surface area contributed by atoms with E-state index in [1.165, 1.54) is 9.13 Å². The fourth-order valence-corrected chi connectivity index (χ4v) is 3.57. The van der Waals surface area contributed by atoms with Crippen LogP contribution in [0.25, 0.3) is 11.0 Å². The van der Waals surface area contributed by atoms with Gasteiger partial charge in [0.1, 0.15) is 0 Å². The van der Waals surface area contributed by atoms with E-state index in [2.05, 4.69) is 16.9 Å². The Kier molecular flexibility index (Phi) is 6.07. The van der Waals surface area contributed by atoms with Gasteiger partial charge in [-0.2, -0.15) is 0 Å². The number of hydrogen-bond donors (Lipinski definition) is 1. The van der Waals surface area contributed by atoms with Crippen LogP contribution in [0.4, 0.5) is 0 Å². The van der Waals surface area contributed by atoms with Gasteiger partial charge in [-0.1, -0.05) is 36.4 Å².